The second-order valence-electron chi connectivity index (χ2n) is 9.05. The van der Waals surface area contributed by atoms with Gasteiger partial charge in [-0.25, -0.2) is 4.79 Å². The monoisotopic (exact) mass is 491 g/mol. The Morgan fingerprint density at radius 3 is 2.55 bits per heavy atom. The van der Waals surface area contributed by atoms with E-state index in [1.54, 1.807) is 44.4 Å². The van der Waals surface area contributed by atoms with Gasteiger partial charge in [-0.1, -0.05) is 29.3 Å². The molecule has 0 spiro atoms. The van der Waals surface area contributed by atoms with Gasteiger partial charge in [0.2, 0.25) is 0 Å². The summed E-state index contributed by atoms with van der Waals surface area (Å²) in [5.74, 6) is 1.50. The molecule has 1 N–H and O–H groups in total. The van der Waals surface area contributed by atoms with Gasteiger partial charge in [0, 0.05) is 30.2 Å². The van der Waals surface area contributed by atoms with Gasteiger partial charge in [-0.05, 0) is 75.2 Å². The predicted octanol–water partition coefficient (Wildman–Crippen LogP) is 5.35. The quantitative estimate of drug-likeness (QED) is 0.612. The Labute approximate surface area is 205 Å². The molecule has 0 radical (unpaired) electrons. The lowest BCUT2D eigenvalue weighted by atomic mass is 9.65. The van der Waals surface area contributed by atoms with Crippen LogP contribution in [0.3, 0.4) is 0 Å². The van der Waals surface area contributed by atoms with Crippen molar-refractivity contribution in [3.05, 3.63) is 52.0 Å². The third-order valence-corrected chi connectivity index (χ3v) is 8.15. The molecule has 2 aromatic rings. The first kappa shape index (κ1) is 24.0. The molecule has 8 heteroatoms. The Morgan fingerprint density at radius 1 is 1.09 bits per heavy atom. The Bertz CT molecular complexity index is 1030. The zero-order chi connectivity index (χ0) is 23.8. The highest BCUT2D eigenvalue weighted by Crippen LogP contribution is 2.49. The summed E-state index contributed by atoms with van der Waals surface area (Å²) in [5.41, 5.74) is 2.04. The van der Waals surface area contributed by atoms with E-state index in [-0.39, 0.29) is 17.5 Å². The number of ether oxygens (including phenoxy) is 2. The Balaban J connectivity index is 1.50. The molecule has 2 amide bonds. The lowest BCUT2D eigenvalue weighted by Gasteiger charge is -2.45. The van der Waals surface area contributed by atoms with Crippen LogP contribution in [0.2, 0.25) is 10.0 Å². The molecule has 0 bridgehead atoms. The maximum Gasteiger partial charge on any atom is 0.321 e. The molecule has 1 heterocycles. The van der Waals surface area contributed by atoms with Crippen LogP contribution < -0.4 is 19.7 Å². The predicted molar refractivity (Wildman–Crippen MR) is 133 cm³/mol. The Morgan fingerprint density at radius 2 is 1.85 bits per heavy atom. The first-order chi connectivity index (χ1) is 15.8. The van der Waals surface area contributed by atoms with Crippen molar-refractivity contribution >= 4 is 34.9 Å². The number of nitrogens with zero attached hydrogens (tertiary/aromatic N) is 2. The van der Waals surface area contributed by atoms with Crippen LogP contribution in [0, 0.1) is 0 Å². The summed E-state index contributed by atoms with van der Waals surface area (Å²) in [5, 5.41) is 4.13. The van der Waals surface area contributed by atoms with Gasteiger partial charge >= 0.3 is 6.03 Å². The molecule has 6 nitrogen and oxygen atoms in total. The minimum atomic E-state index is -0.141. The topological polar surface area (TPSA) is 54.0 Å². The number of benzene rings is 2. The molecule has 33 heavy (non-hydrogen) atoms. The summed E-state index contributed by atoms with van der Waals surface area (Å²) in [6, 6.07) is 11.8. The summed E-state index contributed by atoms with van der Waals surface area (Å²) in [6.07, 6.45) is 3.90. The van der Waals surface area contributed by atoms with Crippen LogP contribution in [-0.2, 0) is 5.41 Å². The fourth-order valence-electron chi connectivity index (χ4n) is 5.48. The molecule has 4 rings (SSSR count). The number of likely N-dealkylation sites (tertiary alicyclic amines) is 1. The van der Waals surface area contributed by atoms with Crippen molar-refractivity contribution in [2.45, 2.75) is 43.2 Å². The largest absolute Gasteiger partial charge is 0.493 e. The van der Waals surface area contributed by atoms with Crippen molar-refractivity contribution < 1.29 is 14.3 Å². The maximum absolute atomic E-state index is 13.0. The second kappa shape index (κ2) is 9.61. The van der Waals surface area contributed by atoms with E-state index in [2.05, 4.69) is 29.4 Å². The van der Waals surface area contributed by atoms with Crippen LogP contribution in [0.15, 0.2) is 36.4 Å². The fourth-order valence-corrected chi connectivity index (χ4v) is 5.77. The molecule has 2 aromatic carbocycles. The number of hydrogen-bond acceptors (Lipinski definition) is 4. The van der Waals surface area contributed by atoms with Crippen LogP contribution in [-0.4, -0.2) is 57.9 Å². The van der Waals surface area contributed by atoms with Crippen LogP contribution >= 0.6 is 23.2 Å². The molecular weight excluding hydrogens is 461 g/mol. The smallest absolute Gasteiger partial charge is 0.321 e. The van der Waals surface area contributed by atoms with Crippen LogP contribution in [0.5, 0.6) is 11.5 Å². The number of fused-ring (bicyclic) bond motifs is 1. The molecule has 2 aliphatic rings. The van der Waals surface area contributed by atoms with E-state index in [0.717, 1.165) is 43.7 Å². The number of rotatable bonds is 5. The molecule has 1 saturated carbocycles. The van der Waals surface area contributed by atoms with Gasteiger partial charge in [0.25, 0.3) is 0 Å². The van der Waals surface area contributed by atoms with Gasteiger partial charge in [0.1, 0.15) is 0 Å². The highest BCUT2D eigenvalue weighted by atomic mass is 35.5. The first-order valence-corrected chi connectivity index (χ1v) is 12.0. The Kier molecular flexibility index (Phi) is 6.99. The van der Waals surface area contributed by atoms with E-state index < -0.39 is 0 Å². The number of nitrogens with one attached hydrogen (secondary N) is 1. The molecule has 1 aliphatic heterocycles. The van der Waals surface area contributed by atoms with Crippen molar-refractivity contribution in [3.63, 3.8) is 0 Å². The van der Waals surface area contributed by atoms with E-state index in [1.807, 2.05) is 6.07 Å². The van der Waals surface area contributed by atoms with Crippen molar-refractivity contribution in [3.8, 4) is 11.5 Å². The standard InChI is InChI=1S/C25H31Cl2N3O3/c1-29-12-11-25(16-5-8-21(32-3)22(13-16)33-4)10-9-17(14-23(25)29)28-24(31)30(2)18-6-7-19(26)20(27)15-18/h5-8,13,15,17,23H,9-12,14H2,1-4H3,(H,28,31)/t17-,23-,25+/m1/s1. The molecule has 1 aliphatic carbocycles. The maximum atomic E-state index is 13.0. The van der Waals surface area contributed by atoms with Crippen molar-refractivity contribution in [1.82, 2.24) is 10.2 Å². The second-order valence-corrected chi connectivity index (χ2v) is 9.86. The van der Waals surface area contributed by atoms with E-state index in [4.69, 9.17) is 32.7 Å². The Hall–Kier alpha value is -2.15. The summed E-state index contributed by atoms with van der Waals surface area (Å²) in [7, 11) is 7.26. The molecular formula is C25H31Cl2N3O3. The van der Waals surface area contributed by atoms with Gasteiger partial charge in [-0.3, -0.25) is 4.90 Å². The molecule has 0 unspecified atom stereocenters. The van der Waals surface area contributed by atoms with E-state index >= 15 is 0 Å². The lowest BCUT2D eigenvalue weighted by molar-refractivity contribution is 0.155. The molecule has 0 aromatic heterocycles. The summed E-state index contributed by atoms with van der Waals surface area (Å²) in [6.45, 7) is 1.03. The van der Waals surface area contributed by atoms with Crippen molar-refractivity contribution in [2.75, 3.05) is 39.8 Å². The van der Waals surface area contributed by atoms with Crippen LogP contribution in [0.4, 0.5) is 10.5 Å². The van der Waals surface area contributed by atoms with Crippen molar-refractivity contribution in [2.24, 2.45) is 0 Å². The van der Waals surface area contributed by atoms with Crippen LogP contribution in [0.1, 0.15) is 31.2 Å². The third-order valence-electron chi connectivity index (χ3n) is 7.41. The zero-order valence-electron chi connectivity index (χ0n) is 19.5. The van der Waals surface area contributed by atoms with E-state index in [9.17, 15) is 4.79 Å². The number of hydrogen-bond donors (Lipinski definition) is 1. The van der Waals surface area contributed by atoms with Gasteiger partial charge in [0.15, 0.2) is 11.5 Å². The number of methoxy groups -OCH3 is 2. The highest BCUT2D eigenvalue weighted by molar-refractivity contribution is 6.42. The van der Waals surface area contributed by atoms with Crippen LogP contribution in [0.25, 0.3) is 0 Å². The summed E-state index contributed by atoms with van der Waals surface area (Å²) >= 11 is 12.1. The zero-order valence-corrected chi connectivity index (χ0v) is 21.0. The third kappa shape index (κ3) is 4.48. The molecule has 1 saturated heterocycles. The number of amides is 2. The minimum Gasteiger partial charge on any atom is -0.493 e. The molecule has 2 fully saturated rings. The van der Waals surface area contributed by atoms with Gasteiger partial charge in [-0.15, -0.1) is 0 Å². The average Bonchev–Trinajstić information content (AvgIpc) is 3.16. The first-order valence-electron chi connectivity index (χ1n) is 11.2. The van der Waals surface area contributed by atoms with Gasteiger partial charge < -0.3 is 19.7 Å². The van der Waals surface area contributed by atoms with Crippen molar-refractivity contribution in [1.29, 1.82) is 0 Å². The van der Waals surface area contributed by atoms with Gasteiger partial charge in [0.05, 0.1) is 24.3 Å². The lowest BCUT2D eigenvalue weighted by Crippen LogP contribution is -2.53. The number of carbonyl (C=O) groups is 1. The van der Waals surface area contributed by atoms with Gasteiger partial charge in [-0.2, -0.15) is 0 Å². The molecule has 3 atom stereocenters. The van der Waals surface area contributed by atoms with E-state index in [0.29, 0.717) is 21.8 Å². The number of likely N-dealkylation sites (N-methyl/N-ethyl adjacent to an activating group) is 1. The van der Waals surface area contributed by atoms with E-state index in [1.165, 1.54) is 5.56 Å². The summed E-state index contributed by atoms with van der Waals surface area (Å²) < 4.78 is 11.0. The number of carbonyl (C=O) groups excluding carboxylic acids is 1. The minimum absolute atomic E-state index is 0.0468. The fraction of sp³-hybridized carbons (Fsp3) is 0.480. The summed E-state index contributed by atoms with van der Waals surface area (Å²) in [4.78, 5) is 17.0. The molecule has 178 valence electrons. The number of halogens is 2. The SMILES string of the molecule is COc1ccc([C@@]23CC[C@@H](NC(=O)N(C)c4ccc(Cl)c(Cl)c4)C[C@H]2N(C)CC3)cc1OC. The number of anilines is 1. The average molecular weight is 492 g/mol. The highest BCUT2D eigenvalue weighted by Gasteiger charge is 2.50. The normalized spacial score (nSPS) is 24.8. The number of urea groups is 1.